The topological polar surface area (TPSA) is 74.2 Å². The summed E-state index contributed by atoms with van der Waals surface area (Å²) in [6.45, 7) is 10.1. The highest BCUT2D eigenvalue weighted by molar-refractivity contribution is 7.98. The number of anilines is 1. The number of nitrogens with one attached hydrogen (secondary N) is 1. The summed E-state index contributed by atoms with van der Waals surface area (Å²) < 4.78 is 0. The van der Waals surface area contributed by atoms with Gasteiger partial charge >= 0.3 is 0 Å². The minimum atomic E-state index is -0.0881. The molecule has 4 rings (SSSR count). The standard InChI is InChI=1S/C26H32N6OS/c1-3-23-16-24(32-14-12-31(4-2)13-15-32)30-26(29-23)34-19-20-7-9-22(10-8-20)25(33)28-18-21-6-5-11-27-17-21/h5-11,16-17H,3-4,12-15,18-19H2,1-2H3,(H,28,33). The molecule has 0 radical (unpaired) electrons. The Bertz CT molecular complexity index is 1070. The van der Waals surface area contributed by atoms with Gasteiger partial charge in [0.05, 0.1) is 0 Å². The van der Waals surface area contributed by atoms with Crippen molar-refractivity contribution in [1.82, 2.24) is 25.2 Å². The van der Waals surface area contributed by atoms with Gasteiger partial charge in [0.15, 0.2) is 5.16 Å². The molecule has 1 fully saturated rings. The van der Waals surface area contributed by atoms with Crippen LogP contribution in [0.25, 0.3) is 0 Å². The molecule has 8 heteroatoms. The number of benzene rings is 1. The molecule has 7 nitrogen and oxygen atoms in total. The van der Waals surface area contributed by atoms with Crippen LogP contribution in [-0.2, 0) is 18.7 Å². The van der Waals surface area contributed by atoms with Crippen molar-refractivity contribution in [1.29, 1.82) is 0 Å². The van der Waals surface area contributed by atoms with Crippen LogP contribution in [-0.4, -0.2) is 58.5 Å². The zero-order chi connectivity index (χ0) is 23.8. The minimum absolute atomic E-state index is 0.0881. The number of aromatic nitrogens is 3. The van der Waals surface area contributed by atoms with Crippen LogP contribution in [0.15, 0.2) is 60.0 Å². The van der Waals surface area contributed by atoms with E-state index in [1.807, 2.05) is 36.4 Å². The lowest BCUT2D eigenvalue weighted by molar-refractivity contribution is 0.0951. The molecule has 0 saturated carbocycles. The number of hydrogen-bond donors (Lipinski definition) is 1. The van der Waals surface area contributed by atoms with E-state index in [4.69, 9.17) is 9.97 Å². The molecule has 0 aliphatic carbocycles. The van der Waals surface area contributed by atoms with E-state index in [0.717, 1.165) is 72.7 Å². The predicted octanol–water partition coefficient (Wildman–Crippen LogP) is 3.80. The lowest BCUT2D eigenvalue weighted by atomic mass is 10.1. The molecule has 1 aromatic carbocycles. The molecule has 1 aliphatic heterocycles. The molecule has 1 aliphatic rings. The van der Waals surface area contributed by atoms with Gasteiger partial charge in [-0.3, -0.25) is 9.78 Å². The van der Waals surface area contributed by atoms with E-state index in [1.165, 1.54) is 0 Å². The molecule has 1 saturated heterocycles. The van der Waals surface area contributed by atoms with E-state index in [1.54, 1.807) is 24.2 Å². The quantitative estimate of drug-likeness (QED) is 0.372. The zero-order valence-corrected chi connectivity index (χ0v) is 20.7. The van der Waals surface area contributed by atoms with Crippen LogP contribution in [0.4, 0.5) is 5.82 Å². The molecular weight excluding hydrogens is 444 g/mol. The Morgan fingerprint density at radius 1 is 1.03 bits per heavy atom. The Balaban J connectivity index is 1.34. The van der Waals surface area contributed by atoms with Crippen LogP contribution < -0.4 is 10.2 Å². The number of piperazine rings is 1. The Kier molecular flexibility index (Phi) is 8.49. The molecule has 0 atom stereocenters. The van der Waals surface area contributed by atoms with E-state index in [9.17, 15) is 4.79 Å². The van der Waals surface area contributed by atoms with Crippen LogP contribution in [0.5, 0.6) is 0 Å². The van der Waals surface area contributed by atoms with E-state index in [0.29, 0.717) is 12.1 Å². The number of likely N-dealkylation sites (N-methyl/N-ethyl adjacent to an activating group) is 1. The maximum Gasteiger partial charge on any atom is 0.251 e. The molecule has 1 N–H and O–H groups in total. The van der Waals surface area contributed by atoms with Gasteiger partial charge in [-0.15, -0.1) is 0 Å². The molecule has 34 heavy (non-hydrogen) atoms. The Morgan fingerprint density at radius 3 is 2.50 bits per heavy atom. The van der Waals surface area contributed by atoms with Gasteiger partial charge in [-0.25, -0.2) is 9.97 Å². The Morgan fingerprint density at radius 2 is 1.82 bits per heavy atom. The minimum Gasteiger partial charge on any atom is -0.354 e. The fraction of sp³-hybridized carbons (Fsp3) is 0.385. The lowest BCUT2D eigenvalue weighted by Gasteiger charge is -2.34. The van der Waals surface area contributed by atoms with Gasteiger partial charge in [0, 0.05) is 68.2 Å². The summed E-state index contributed by atoms with van der Waals surface area (Å²) in [6, 6.07) is 13.7. The first kappa shape index (κ1) is 24.2. The summed E-state index contributed by atoms with van der Waals surface area (Å²) in [5, 5.41) is 3.75. The second-order valence-corrected chi connectivity index (χ2v) is 9.25. The fourth-order valence-corrected chi connectivity index (χ4v) is 4.68. The first-order valence-electron chi connectivity index (χ1n) is 11.9. The van der Waals surface area contributed by atoms with Gasteiger partial charge in [0.1, 0.15) is 5.82 Å². The number of pyridine rings is 1. The maximum atomic E-state index is 12.4. The van der Waals surface area contributed by atoms with Crippen LogP contribution in [0.2, 0.25) is 0 Å². The second kappa shape index (κ2) is 11.9. The molecule has 178 valence electrons. The Hall–Kier alpha value is -2.97. The molecular formula is C26H32N6OS. The summed E-state index contributed by atoms with van der Waals surface area (Å²) in [7, 11) is 0. The third-order valence-electron chi connectivity index (χ3n) is 6.01. The first-order valence-corrected chi connectivity index (χ1v) is 12.9. The molecule has 0 spiro atoms. The second-order valence-electron chi connectivity index (χ2n) is 8.30. The average molecular weight is 477 g/mol. The summed E-state index contributed by atoms with van der Waals surface area (Å²) >= 11 is 1.64. The number of thioether (sulfide) groups is 1. The van der Waals surface area contributed by atoms with Gasteiger partial charge in [0.25, 0.3) is 5.91 Å². The average Bonchev–Trinajstić information content (AvgIpc) is 2.91. The number of aryl methyl sites for hydroxylation is 1. The SMILES string of the molecule is CCc1cc(N2CCN(CC)CC2)nc(SCc2ccc(C(=O)NCc3cccnc3)cc2)n1. The van der Waals surface area contributed by atoms with Gasteiger partial charge in [-0.2, -0.15) is 0 Å². The van der Waals surface area contributed by atoms with Crippen molar-refractivity contribution in [2.75, 3.05) is 37.6 Å². The van der Waals surface area contributed by atoms with Gasteiger partial charge in [-0.1, -0.05) is 43.8 Å². The number of amides is 1. The highest BCUT2D eigenvalue weighted by Gasteiger charge is 2.18. The van der Waals surface area contributed by atoms with Crippen LogP contribution >= 0.6 is 11.8 Å². The normalized spacial score (nSPS) is 14.2. The fourth-order valence-electron chi connectivity index (χ4n) is 3.85. The molecule has 1 amide bonds. The zero-order valence-electron chi connectivity index (χ0n) is 19.9. The van der Waals surface area contributed by atoms with Crippen molar-refractivity contribution >= 4 is 23.5 Å². The van der Waals surface area contributed by atoms with Crippen LogP contribution in [0.1, 0.15) is 41.0 Å². The lowest BCUT2D eigenvalue weighted by Crippen LogP contribution is -2.46. The summed E-state index contributed by atoms with van der Waals surface area (Å²) in [5.41, 5.74) is 3.84. The number of rotatable bonds is 9. The maximum absolute atomic E-state index is 12.4. The van der Waals surface area contributed by atoms with Gasteiger partial charge in [-0.05, 0) is 42.3 Å². The van der Waals surface area contributed by atoms with Crippen molar-refractivity contribution in [3.63, 3.8) is 0 Å². The number of carbonyl (C=O) groups excluding carboxylic acids is 1. The molecule has 3 heterocycles. The van der Waals surface area contributed by atoms with Crippen molar-refractivity contribution in [3.8, 4) is 0 Å². The van der Waals surface area contributed by atoms with Crippen molar-refractivity contribution in [2.24, 2.45) is 0 Å². The number of nitrogens with zero attached hydrogens (tertiary/aromatic N) is 5. The molecule has 0 bridgehead atoms. The first-order chi connectivity index (χ1) is 16.6. The van der Waals surface area contributed by atoms with E-state index in [2.05, 4.69) is 40.0 Å². The highest BCUT2D eigenvalue weighted by Crippen LogP contribution is 2.24. The van der Waals surface area contributed by atoms with E-state index in [-0.39, 0.29) is 5.91 Å². The van der Waals surface area contributed by atoms with Crippen LogP contribution in [0, 0.1) is 0 Å². The van der Waals surface area contributed by atoms with Crippen molar-refractivity contribution < 1.29 is 4.79 Å². The summed E-state index contributed by atoms with van der Waals surface area (Å²) in [6.07, 6.45) is 4.37. The Labute approximate surface area is 206 Å². The monoisotopic (exact) mass is 476 g/mol. The summed E-state index contributed by atoms with van der Waals surface area (Å²) in [4.78, 5) is 31.0. The third kappa shape index (κ3) is 6.55. The van der Waals surface area contributed by atoms with E-state index < -0.39 is 0 Å². The van der Waals surface area contributed by atoms with Crippen molar-refractivity contribution in [3.05, 3.63) is 77.2 Å². The summed E-state index contributed by atoms with van der Waals surface area (Å²) in [5.74, 6) is 1.70. The smallest absolute Gasteiger partial charge is 0.251 e. The van der Waals surface area contributed by atoms with Gasteiger partial charge in [0.2, 0.25) is 0 Å². The van der Waals surface area contributed by atoms with Gasteiger partial charge < -0.3 is 15.1 Å². The third-order valence-corrected chi connectivity index (χ3v) is 6.93. The van der Waals surface area contributed by atoms with E-state index >= 15 is 0 Å². The predicted molar refractivity (Wildman–Crippen MR) is 137 cm³/mol. The van der Waals surface area contributed by atoms with Crippen LogP contribution in [0.3, 0.4) is 0 Å². The largest absolute Gasteiger partial charge is 0.354 e. The highest BCUT2D eigenvalue weighted by atomic mass is 32.2. The molecule has 2 aromatic heterocycles. The molecule has 3 aromatic rings. The number of carbonyl (C=O) groups is 1. The molecule has 0 unspecified atom stereocenters. The number of hydrogen-bond acceptors (Lipinski definition) is 7. The van der Waals surface area contributed by atoms with Crippen molar-refractivity contribution in [2.45, 2.75) is 37.7 Å².